The SMILES string of the molecule is C=C1CCO[C@]12CCC1C3CC[C@@]4(O)CC5(CCC4=C3[C@@H](c3ccc(C=O)cc3)C[C@@]12C)OCCO5. The molecule has 0 bridgehead atoms. The lowest BCUT2D eigenvalue weighted by Gasteiger charge is -2.58. The van der Waals surface area contributed by atoms with Crippen LogP contribution in [0.3, 0.4) is 0 Å². The predicted molar refractivity (Wildman–Crippen MR) is 136 cm³/mol. The van der Waals surface area contributed by atoms with Gasteiger partial charge in [-0.15, -0.1) is 0 Å². The number of carbonyl (C=O) groups excluding carboxylic acids is 1. The number of aldehydes is 1. The van der Waals surface area contributed by atoms with Crippen LogP contribution in [0.25, 0.3) is 0 Å². The second-order valence-corrected chi connectivity index (χ2v) is 12.5. The first-order valence-corrected chi connectivity index (χ1v) is 13.9. The first-order valence-electron chi connectivity index (χ1n) is 13.9. The molecule has 2 heterocycles. The van der Waals surface area contributed by atoms with Crippen LogP contribution in [0.4, 0.5) is 0 Å². The van der Waals surface area contributed by atoms with E-state index in [4.69, 9.17) is 14.2 Å². The predicted octanol–water partition coefficient (Wildman–Crippen LogP) is 5.48. The maximum Gasteiger partial charge on any atom is 0.171 e. The Morgan fingerprint density at radius 2 is 1.78 bits per heavy atom. The number of aliphatic hydroxyl groups is 1. The summed E-state index contributed by atoms with van der Waals surface area (Å²) in [5, 5.41) is 12.2. The fourth-order valence-corrected chi connectivity index (χ4v) is 9.58. The van der Waals surface area contributed by atoms with Crippen LogP contribution >= 0.6 is 0 Å². The summed E-state index contributed by atoms with van der Waals surface area (Å²) < 4.78 is 18.8. The van der Waals surface area contributed by atoms with Crippen molar-refractivity contribution in [2.75, 3.05) is 19.8 Å². The van der Waals surface area contributed by atoms with Crippen molar-refractivity contribution in [1.82, 2.24) is 0 Å². The molecule has 192 valence electrons. The molecule has 2 unspecified atom stereocenters. The van der Waals surface area contributed by atoms with Crippen LogP contribution in [-0.2, 0) is 14.2 Å². The molecule has 3 saturated carbocycles. The first-order chi connectivity index (χ1) is 17.3. The zero-order valence-electron chi connectivity index (χ0n) is 21.4. The highest BCUT2D eigenvalue weighted by Crippen LogP contribution is 2.70. The molecule has 6 aliphatic rings. The van der Waals surface area contributed by atoms with Gasteiger partial charge >= 0.3 is 0 Å². The summed E-state index contributed by atoms with van der Waals surface area (Å²) in [5.41, 5.74) is 4.86. The Kier molecular flexibility index (Phi) is 5.09. The zero-order chi connectivity index (χ0) is 24.8. The van der Waals surface area contributed by atoms with E-state index in [0.717, 1.165) is 64.3 Å². The van der Waals surface area contributed by atoms with Gasteiger partial charge in [-0.3, -0.25) is 4.79 Å². The number of allylic oxidation sites excluding steroid dienone is 1. The highest BCUT2D eigenvalue weighted by Gasteiger charge is 2.67. The molecule has 1 aromatic rings. The number of carbonyl (C=O) groups is 1. The topological polar surface area (TPSA) is 65.0 Å². The standard InChI is InChI=1S/C31H38O5/c1-20-10-14-36-31(20)13-9-25-23-7-11-29(33)19-30(34-15-16-35-30)12-8-26(29)27(23)24(17-28(25,31)2)22-5-3-21(18-32)4-6-22/h3-6,18,23-25,33H,1,7-17,19H2,2H3/t23?,24-,25?,28+,29-,31-/m1/s1. The Hall–Kier alpha value is -1.79. The number of benzene rings is 1. The average Bonchev–Trinajstić information content (AvgIpc) is 3.57. The van der Waals surface area contributed by atoms with Crippen LogP contribution in [0.5, 0.6) is 0 Å². The molecule has 36 heavy (non-hydrogen) atoms. The Balaban J connectivity index is 1.37. The van der Waals surface area contributed by atoms with Gasteiger partial charge < -0.3 is 19.3 Å². The lowest BCUT2D eigenvalue weighted by atomic mass is 9.49. The van der Waals surface area contributed by atoms with Crippen molar-refractivity contribution in [2.24, 2.45) is 17.3 Å². The highest BCUT2D eigenvalue weighted by molar-refractivity contribution is 5.74. The first kappa shape index (κ1) is 23.3. The van der Waals surface area contributed by atoms with Crippen LogP contribution in [0.2, 0.25) is 0 Å². The largest absolute Gasteiger partial charge is 0.385 e. The van der Waals surface area contributed by atoms with Gasteiger partial charge in [-0.05, 0) is 73.5 Å². The summed E-state index contributed by atoms with van der Waals surface area (Å²) in [6.07, 6.45) is 8.99. The maximum atomic E-state index is 12.2. The molecule has 1 aromatic carbocycles. The normalized spacial score (nSPS) is 43.1. The van der Waals surface area contributed by atoms with E-state index in [1.165, 1.54) is 22.3 Å². The lowest BCUT2D eigenvalue weighted by molar-refractivity contribution is -0.208. The van der Waals surface area contributed by atoms with Gasteiger partial charge in [0, 0.05) is 29.7 Å². The van der Waals surface area contributed by atoms with Gasteiger partial charge in [-0.25, -0.2) is 0 Å². The summed E-state index contributed by atoms with van der Waals surface area (Å²) in [4.78, 5) is 11.4. The van der Waals surface area contributed by atoms with Crippen molar-refractivity contribution in [1.29, 1.82) is 0 Å². The maximum absolute atomic E-state index is 12.2. The number of fused-ring (bicyclic) bond motifs is 5. The quantitative estimate of drug-likeness (QED) is 0.439. The molecule has 5 nitrogen and oxygen atoms in total. The van der Waals surface area contributed by atoms with Gasteiger partial charge in [0.25, 0.3) is 0 Å². The zero-order valence-corrected chi connectivity index (χ0v) is 21.4. The highest BCUT2D eigenvalue weighted by atomic mass is 16.7. The van der Waals surface area contributed by atoms with Crippen molar-refractivity contribution in [2.45, 2.75) is 87.6 Å². The number of rotatable bonds is 2. The van der Waals surface area contributed by atoms with Crippen molar-refractivity contribution >= 4 is 6.29 Å². The molecule has 0 radical (unpaired) electrons. The molecule has 2 spiro atoms. The van der Waals surface area contributed by atoms with Gasteiger partial charge in [0.15, 0.2) is 5.79 Å². The van der Waals surface area contributed by atoms with Crippen LogP contribution in [0.1, 0.15) is 86.6 Å². The summed E-state index contributed by atoms with van der Waals surface area (Å²) in [6, 6.07) is 8.15. The van der Waals surface area contributed by atoms with E-state index in [1.807, 2.05) is 12.1 Å². The molecule has 2 aliphatic heterocycles. The van der Waals surface area contributed by atoms with Gasteiger partial charge in [0.1, 0.15) is 6.29 Å². The van der Waals surface area contributed by atoms with E-state index in [9.17, 15) is 9.90 Å². The molecule has 4 aliphatic carbocycles. The summed E-state index contributed by atoms with van der Waals surface area (Å²) >= 11 is 0. The van der Waals surface area contributed by atoms with Crippen LogP contribution in [0, 0.1) is 17.3 Å². The smallest absolute Gasteiger partial charge is 0.171 e. The summed E-state index contributed by atoms with van der Waals surface area (Å²) in [7, 11) is 0. The molecule has 7 rings (SSSR count). The Bertz CT molecular complexity index is 1130. The van der Waals surface area contributed by atoms with E-state index < -0.39 is 11.4 Å². The van der Waals surface area contributed by atoms with E-state index in [-0.39, 0.29) is 16.9 Å². The summed E-state index contributed by atoms with van der Waals surface area (Å²) in [5.74, 6) is 0.540. The third-order valence-corrected chi connectivity index (χ3v) is 11.1. The van der Waals surface area contributed by atoms with E-state index >= 15 is 0 Å². The molecule has 2 saturated heterocycles. The third kappa shape index (κ3) is 3.00. The minimum Gasteiger partial charge on any atom is -0.385 e. The third-order valence-electron chi connectivity index (χ3n) is 11.1. The molecule has 0 amide bonds. The van der Waals surface area contributed by atoms with Crippen molar-refractivity contribution in [3.63, 3.8) is 0 Å². The van der Waals surface area contributed by atoms with E-state index in [0.29, 0.717) is 37.0 Å². The second-order valence-electron chi connectivity index (χ2n) is 12.5. The number of ether oxygens (including phenoxy) is 3. The summed E-state index contributed by atoms with van der Waals surface area (Å²) in [6.45, 7) is 8.99. The Labute approximate surface area is 213 Å². The number of hydrogen-bond donors (Lipinski definition) is 1. The molecule has 1 N–H and O–H groups in total. The van der Waals surface area contributed by atoms with Gasteiger partial charge in [0.05, 0.1) is 31.0 Å². The van der Waals surface area contributed by atoms with Crippen LogP contribution < -0.4 is 0 Å². The molecule has 6 atom stereocenters. The van der Waals surface area contributed by atoms with Gasteiger partial charge in [-0.2, -0.15) is 0 Å². The Morgan fingerprint density at radius 3 is 2.47 bits per heavy atom. The molecule has 5 heteroatoms. The molecular weight excluding hydrogens is 452 g/mol. The molecule has 0 aromatic heterocycles. The fraction of sp³-hybridized carbons (Fsp3) is 0.645. The van der Waals surface area contributed by atoms with Crippen molar-refractivity contribution < 1.29 is 24.1 Å². The fourth-order valence-electron chi connectivity index (χ4n) is 9.58. The monoisotopic (exact) mass is 490 g/mol. The van der Waals surface area contributed by atoms with E-state index in [1.54, 1.807) is 0 Å². The molecular formula is C31H38O5. The van der Waals surface area contributed by atoms with Crippen molar-refractivity contribution in [3.05, 3.63) is 58.7 Å². The van der Waals surface area contributed by atoms with Crippen molar-refractivity contribution in [3.8, 4) is 0 Å². The minimum atomic E-state index is -0.868. The average molecular weight is 491 g/mol. The minimum absolute atomic E-state index is 0.00628. The lowest BCUT2D eigenvalue weighted by Crippen LogP contribution is -2.55. The second kappa shape index (κ2) is 7.86. The van der Waals surface area contributed by atoms with E-state index in [2.05, 4.69) is 25.6 Å². The van der Waals surface area contributed by atoms with Gasteiger partial charge in [0.2, 0.25) is 0 Å². The van der Waals surface area contributed by atoms with Crippen LogP contribution in [0.15, 0.2) is 47.6 Å². The van der Waals surface area contributed by atoms with Gasteiger partial charge in [-0.1, -0.05) is 43.3 Å². The van der Waals surface area contributed by atoms with Crippen LogP contribution in [-0.4, -0.2) is 48.2 Å². The Morgan fingerprint density at radius 1 is 1.00 bits per heavy atom. The number of hydrogen-bond acceptors (Lipinski definition) is 5. The molecule has 5 fully saturated rings.